The minimum absolute atomic E-state index is 0.168. The van der Waals surface area contributed by atoms with E-state index in [9.17, 15) is 4.79 Å². The maximum absolute atomic E-state index is 13.3. The van der Waals surface area contributed by atoms with E-state index in [1.165, 1.54) is 12.0 Å². The molecule has 4 heterocycles. The summed E-state index contributed by atoms with van der Waals surface area (Å²) in [6.07, 6.45) is 2.86. The molecule has 7 nitrogen and oxygen atoms in total. The third-order valence-corrected chi connectivity index (χ3v) is 8.20. The first-order valence-corrected chi connectivity index (χ1v) is 13.8. The molecule has 2 aromatic carbocycles. The summed E-state index contributed by atoms with van der Waals surface area (Å²) in [5, 5.41) is 2.05. The third-order valence-electron chi connectivity index (χ3n) is 7.05. The number of fused-ring (bicyclic) bond motifs is 1. The number of carbonyl (C=O) groups is 1. The SMILES string of the molecule is CCOC(=O)C(OC(C)C)c1c(C)cc2nc(N3CCC3)sc2c1-c1ccc2c3c(ccnc13)CCO2. The number of ether oxygens (including phenoxy) is 3. The van der Waals surface area contributed by atoms with Crippen LogP contribution in [0.5, 0.6) is 5.75 Å². The van der Waals surface area contributed by atoms with Crippen LogP contribution in [0.4, 0.5) is 5.13 Å². The van der Waals surface area contributed by atoms with Gasteiger partial charge in [0.2, 0.25) is 0 Å². The molecule has 0 bridgehead atoms. The summed E-state index contributed by atoms with van der Waals surface area (Å²) < 4.78 is 18.8. The van der Waals surface area contributed by atoms with E-state index in [1.807, 2.05) is 40.0 Å². The van der Waals surface area contributed by atoms with Crippen molar-refractivity contribution in [2.75, 3.05) is 31.2 Å². The predicted octanol–water partition coefficient (Wildman–Crippen LogP) is 5.99. The molecule has 8 heteroatoms. The Hall–Kier alpha value is -3.23. The van der Waals surface area contributed by atoms with Gasteiger partial charge in [-0.25, -0.2) is 9.78 Å². The van der Waals surface area contributed by atoms with Crippen molar-refractivity contribution in [3.05, 3.63) is 47.2 Å². The lowest BCUT2D eigenvalue weighted by Crippen LogP contribution is -2.36. The number of aryl methyl sites for hydroxylation is 1. The van der Waals surface area contributed by atoms with Gasteiger partial charge in [0.1, 0.15) is 5.75 Å². The molecule has 2 aliphatic rings. The van der Waals surface area contributed by atoms with Crippen LogP contribution in [0, 0.1) is 6.92 Å². The second kappa shape index (κ2) is 9.58. The van der Waals surface area contributed by atoms with Crippen molar-refractivity contribution in [1.82, 2.24) is 9.97 Å². The Labute approximate surface area is 220 Å². The van der Waals surface area contributed by atoms with Gasteiger partial charge in [0.05, 0.1) is 35.1 Å². The van der Waals surface area contributed by atoms with Gasteiger partial charge >= 0.3 is 5.97 Å². The lowest BCUT2D eigenvalue weighted by molar-refractivity contribution is -0.160. The predicted molar refractivity (Wildman–Crippen MR) is 147 cm³/mol. The minimum Gasteiger partial charge on any atom is -0.493 e. The van der Waals surface area contributed by atoms with E-state index in [1.54, 1.807) is 11.3 Å². The summed E-state index contributed by atoms with van der Waals surface area (Å²) in [4.78, 5) is 25.5. The number of esters is 1. The van der Waals surface area contributed by atoms with Crippen LogP contribution in [0.3, 0.4) is 0 Å². The Morgan fingerprint density at radius 2 is 2.08 bits per heavy atom. The van der Waals surface area contributed by atoms with Gasteiger partial charge in [0.25, 0.3) is 0 Å². The van der Waals surface area contributed by atoms with E-state index in [0.717, 1.165) is 73.8 Å². The summed E-state index contributed by atoms with van der Waals surface area (Å²) >= 11 is 1.67. The Bertz CT molecular complexity index is 1500. The zero-order valence-electron chi connectivity index (χ0n) is 21.7. The maximum atomic E-state index is 13.3. The number of pyridine rings is 1. The minimum atomic E-state index is -0.865. The summed E-state index contributed by atoms with van der Waals surface area (Å²) in [6.45, 7) is 10.7. The summed E-state index contributed by atoms with van der Waals surface area (Å²) in [5.41, 5.74) is 6.68. The molecule has 0 aliphatic carbocycles. The van der Waals surface area contributed by atoms with Crippen molar-refractivity contribution >= 4 is 43.6 Å². The molecule has 2 aromatic heterocycles. The maximum Gasteiger partial charge on any atom is 0.339 e. The summed E-state index contributed by atoms with van der Waals surface area (Å²) in [5.74, 6) is 0.468. The zero-order valence-corrected chi connectivity index (χ0v) is 22.5. The molecule has 1 unspecified atom stereocenters. The molecule has 1 fully saturated rings. The van der Waals surface area contributed by atoms with E-state index in [4.69, 9.17) is 24.2 Å². The lowest BCUT2D eigenvalue weighted by atomic mass is 9.89. The molecule has 2 aliphatic heterocycles. The number of carbonyl (C=O) groups excluding carboxylic acids is 1. The number of anilines is 1. The number of rotatable bonds is 7. The van der Waals surface area contributed by atoms with Crippen LogP contribution >= 0.6 is 11.3 Å². The smallest absolute Gasteiger partial charge is 0.339 e. The fourth-order valence-corrected chi connectivity index (χ4v) is 6.45. The summed E-state index contributed by atoms with van der Waals surface area (Å²) in [7, 11) is 0. The first kappa shape index (κ1) is 24.1. The van der Waals surface area contributed by atoms with E-state index in [0.29, 0.717) is 6.61 Å². The molecule has 37 heavy (non-hydrogen) atoms. The van der Waals surface area contributed by atoms with E-state index in [-0.39, 0.29) is 18.7 Å². The highest BCUT2D eigenvalue weighted by Gasteiger charge is 2.33. The number of hydrogen-bond donors (Lipinski definition) is 0. The zero-order chi connectivity index (χ0) is 25.7. The van der Waals surface area contributed by atoms with Gasteiger partial charge in [-0.3, -0.25) is 4.98 Å². The van der Waals surface area contributed by atoms with Gasteiger partial charge in [-0.2, -0.15) is 0 Å². The number of thiazole rings is 1. The number of aromatic nitrogens is 2. The van der Waals surface area contributed by atoms with Crippen LogP contribution in [0.2, 0.25) is 0 Å². The normalized spacial score (nSPS) is 15.6. The van der Waals surface area contributed by atoms with Crippen LogP contribution in [-0.2, 0) is 20.7 Å². The van der Waals surface area contributed by atoms with Crippen LogP contribution in [0.15, 0.2) is 30.5 Å². The quantitative estimate of drug-likeness (QED) is 0.279. The third kappa shape index (κ3) is 4.12. The van der Waals surface area contributed by atoms with Gasteiger partial charge in [-0.1, -0.05) is 11.3 Å². The highest BCUT2D eigenvalue weighted by atomic mass is 32.1. The first-order chi connectivity index (χ1) is 18.0. The van der Waals surface area contributed by atoms with Crippen molar-refractivity contribution in [2.24, 2.45) is 0 Å². The Morgan fingerprint density at radius 3 is 2.81 bits per heavy atom. The molecular weight excluding hydrogens is 486 g/mol. The van der Waals surface area contributed by atoms with E-state index < -0.39 is 6.10 Å². The molecule has 1 saturated heterocycles. The van der Waals surface area contributed by atoms with Gasteiger partial charge < -0.3 is 19.1 Å². The van der Waals surface area contributed by atoms with Crippen LogP contribution in [0.25, 0.3) is 32.2 Å². The average molecular weight is 518 g/mol. The second-order valence-electron chi connectivity index (χ2n) is 9.89. The number of benzene rings is 2. The highest BCUT2D eigenvalue weighted by molar-refractivity contribution is 7.22. The number of hydrogen-bond acceptors (Lipinski definition) is 8. The van der Waals surface area contributed by atoms with Crippen molar-refractivity contribution in [2.45, 2.75) is 52.7 Å². The molecular formula is C29H31N3O4S. The molecule has 192 valence electrons. The topological polar surface area (TPSA) is 73.8 Å². The van der Waals surface area contributed by atoms with E-state index in [2.05, 4.69) is 23.1 Å². The van der Waals surface area contributed by atoms with Crippen LogP contribution in [-0.4, -0.2) is 48.3 Å². The van der Waals surface area contributed by atoms with Crippen LogP contribution in [0.1, 0.15) is 50.0 Å². The molecule has 0 radical (unpaired) electrons. The Morgan fingerprint density at radius 1 is 1.24 bits per heavy atom. The molecule has 0 spiro atoms. The van der Waals surface area contributed by atoms with Crippen molar-refractivity contribution < 1.29 is 19.0 Å². The fourth-order valence-electron chi connectivity index (χ4n) is 5.28. The largest absolute Gasteiger partial charge is 0.493 e. The van der Waals surface area contributed by atoms with Crippen molar-refractivity contribution in [3.8, 4) is 16.9 Å². The van der Waals surface area contributed by atoms with Gasteiger partial charge in [0, 0.05) is 47.8 Å². The molecule has 0 amide bonds. The van der Waals surface area contributed by atoms with Gasteiger partial charge in [-0.15, -0.1) is 0 Å². The average Bonchev–Trinajstić information content (AvgIpc) is 3.24. The monoisotopic (exact) mass is 517 g/mol. The second-order valence-corrected chi connectivity index (χ2v) is 10.9. The lowest BCUT2D eigenvalue weighted by Gasteiger charge is -2.30. The van der Waals surface area contributed by atoms with E-state index >= 15 is 0 Å². The molecule has 1 atom stereocenters. The Balaban J connectivity index is 1.68. The standard InChI is InChI=1S/C29H31N3O4S/c1-5-34-28(33)26(36-16(2)3)22-17(4)15-20-27(37-29(31-20)32-12-6-13-32)24(22)19-7-8-21-23-18(10-14-35-21)9-11-30-25(19)23/h7-9,11,15-16,26H,5-6,10,12-14H2,1-4H3. The van der Waals surface area contributed by atoms with Crippen molar-refractivity contribution in [1.29, 1.82) is 0 Å². The van der Waals surface area contributed by atoms with Crippen LogP contribution < -0.4 is 9.64 Å². The highest BCUT2D eigenvalue weighted by Crippen LogP contribution is 2.47. The first-order valence-electron chi connectivity index (χ1n) is 13.0. The fraction of sp³-hybridized carbons (Fsp3) is 0.414. The Kier molecular flexibility index (Phi) is 6.24. The molecule has 0 N–H and O–H groups in total. The number of nitrogens with zero attached hydrogens (tertiary/aromatic N) is 3. The van der Waals surface area contributed by atoms with Crippen molar-refractivity contribution in [3.63, 3.8) is 0 Å². The van der Waals surface area contributed by atoms with Gasteiger partial charge in [0.15, 0.2) is 11.2 Å². The summed E-state index contributed by atoms with van der Waals surface area (Å²) in [6, 6.07) is 8.24. The molecule has 4 aromatic rings. The van der Waals surface area contributed by atoms with Gasteiger partial charge in [-0.05, 0) is 69.5 Å². The molecule has 0 saturated carbocycles. The molecule has 6 rings (SSSR count).